The minimum atomic E-state index is -0.127. The smallest absolute Gasteiger partial charge is 0.254 e. The number of anilines is 1. The average Bonchev–Trinajstić information content (AvgIpc) is 3.24. The third-order valence-corrected chi connectivity index (χ3v) is 6.95. The van der Waals surface area contributed by atoms with Crippen LogP contribution < -0.4 is 14.8 Å². The lowest BCUT2D eigenvalue weighted by molar-refractivity contribution is -0.114. The fraction of sp³-hybridized carbons (Fsp3) is 0.440. The van der Waals surface area contributed by atoms with Gasteiger partial charge < -0.3 is 19.7 Å². The fourth-order valence-corrected chi connectivity index (χ4v) is 5.42. The maximum atomic E-state index is 13.6. The van der Waals surface area contributed by atoms with Crippen molar-refractivity contribution in [1.29, 1.82) is 0 Å². The number of carbonyl (C=O) groups excluding carboxylic acids is 2. The third kappa shape index (κ3) is 3.44. The van der Waals surface area contributed by atoms with Gasteiger partial charge in [0.15, 0.2) is 11.5 Å². The number of nitrogens with zero attached hydrogens (tertiary/aromatic N) is 1. The van der Waals surface area contributed by atoms with E-state index in [2.05, 4.69) is 24.4 Å². The molecule has 1 spiro atoms. The van der Waals surface area contributed by atoms with E-state index in [0.29, 0.717) is 31.0 Å². The molecule has 0 unspecified atom stereocenters. The zero-order chi connectivity index (χ0) is 21.6. The summed E-state index contributed by atoms with van der Waals surface area (Å²) in [4.78, 5) is 26.9. The number of amides is 2. The number of hydrogen-bond donors (Lipinski definition) is 1. The first-order chi connectivity index (χ1) is 15.0. The Labute approximate surface area is 182 Å². The van der Waals surface area contributed by atoms with Crippen molar-refractivity contribution in [2.45, 2.75) is 51.0 Å². The van der Waals surface area contributed by atoms with Crippen LogP contribution in [0.1, 0.15) is 67.1 Å². The summed E-state index contributed by atoms with van der Waals surface area (Å²) in [5.74, 6) is 1.50. The van der Waals surface area contributed by atoms with Gasteiger partial charge in [0.25, 0.3) is 5.91 Å². The Hall–Kier alpha value is -3.02. The van der Waals surface area contributed by atoms with Gasteiger partial charge in [-0.3, -0.25) is 9.59 Å². The molecule has 0 bridgehead atoms. The number of benzene rings is 2. The Morgan fingerprint density at radius 3 is 2.32 bits per heavy atom. The van der Waals surface area contributed by atoms with Crippen LogP contribution in [0.3, 0.4) is 0 Å². The van der Waals surface area contributed by atoms with Crippen LogP contribution in [0.2, 0.25) is 0 Å². The molecule has 1 atom stereocenters. The van der Waals surface area contributed by atoms with E-state index >= 15 is 0 Å². The van der Waals surface area contributed by atoms with Gasteiger partial charge in [-0.1, -0.05) is 12.8 Å². The standard InChI is InChI=1S/C25H28N2O4/c1-16-20-13-22-23(31-12-11-30-22)14-21(20)25(9-3-4-10-25)15-27(16)24(29)18-5-7-19(8-6-18)26-17(2)28/h5-8,13-14,16H,3-4,9-12,15H2,1-2H3,(H,26,28)/t16-/m1/s1. The van der Waals surface area contributed by atoms with Gasteiger partial charge in [0, 0.05) is 30.1 Å². The van der Waals surface area contributed by atoms with Gasteiger partial charge in [-0.2, -0.15) is 0 Å². The summed E-state index contributed by atoms with van der Waals surface area (Å²) in [6.07, 6.45) is 4.51. The molecule has 0 radical (unpaired) electrons. The molecule has 5 rings (SSSR count). The summed E-state index contributed by atoms with van der Waals surface area (Å²) in [7, 11) is 0. The molecule has 2 aromatic rings. The summed E-state index contributed by atoms with van der Waals surface area (Å²) >= 11 is 0. The van der Waals surface area contributed by atoms with Crippen LogP contribution in [0.4, 0.5) is 5.69 Å². The normalized spacial score (nSPS) is 21.0. The molecule has 2 aromatic carbocycles. The van der Waals surface area contributed by atoms with Crippen LogP contribution in [-0.2, 0) is 10.2 Å². The molecule has 1 saturated carbocycles. The lowest BCUT2D eigenvalue weighted by atomic mass is 9.71. The van der Waals surface area contributed by atoms with E-state index in [1.54, 1.807) is 24.3 Å². The molecular weight excluding hydrogens is 392 g/mol. The van der Waals surface area contributed by atoms with Gasteiger partial charge in [0.2, 0.25) is 5.91 Å². The predicted molar refractivity (Wildman–Crippen MR) is 118 cm³/mol. The van der Waals surface area contributed by atoms with Crippen LogP contribution >= 0.6 is 0 Å². The highest BCUT2D eigenvalue weighted by molar-refractivity contribution is 5.96. The van der Waals surface area contributed by atoms with Gasteiger partial charge in [0.05, 0.1) is 6.04 Å². The Morgan fingerprint density at radius 1 is 1.03 bits per heavy atom. The molecule has 3 aliphatic rings. The number of fused-ring (bicyclic) bond motifs is 3. The van der Waals surface area contributed by atoms with Crippen LogP contribution in [0, 0.1) is 0 Å². The monoisotopic (exact) mass is 420 g/mol. The summed E-state index contributed by atoms with van der Waals surface area (Å²) in [6, 6.07) is 11.4. The van der Waals surface area contributed by atoms with Crippen molar-refractivity contribution < 1.29 is 19.1 Å². The minimum Gasteiger partial charge on any atom is -0.486 e. The summed E-state index contributed by atoms with van der Waals surface area (Å²) in [5, 5.41) is 2.75. The lowest BCUT2D eigenvalue weighted by Crippen LogP contribution is -2.48. The molecule has 6 heteroatoms. The largest absolute Gasteiger partial charge is 0.486 e. The van der Waals surface area contributed by atoms with Gasteiger partial charge in [-0.05, 0) is 67.3 Å². The van der Waals surface area contributed by atoms with Crippen molar-refractivity contribution in [2.24, 2.45) is 0 Å². The number of ether oxygens (including phenoxy) is 2. The number of carbonyl (C=O) groups is 2. The first-order valence-electron chi connectivity index (χ1n) is 11.1. The number of hydrogen-bond acceptors (Lipinski definition) is 4. The molecule has 31 heavy (non-hydrogen) atoms. The highest BCUT2D eigenvalue weighted by Gasteiger charge is 2.46. The summed E-state index contributed by atoms with van der Waals surface area (Å²) in [5.41, 5.74) is 3.79. The maximum absolute atomic E-state index is 13.6. The fourth-order valence-electron chi connectivity index (χ4n) is 5.42. The van der Waals surface area contributed by atoms with Crippen molar-refractivity contribution >= 4 is 17.5 Å². The van der Waals surface area contributed by atoms with Gasteiger partial charge in [0.1, 0.15) is 13.2 Å². The van der Waals surface area contributed by atoms with E-state index < -0.39 is 0 Å². The second kappa shape index (κ2) is 7.59. The van der Waals surface area contributed by atoms with Crippen LogP contribution in [0.15, 0.2) is 36.4 Å². The summed E-state index contributed by atoms with van der Waals surface area (Å²) < 4.78 is 11.7. The molecule has 1 N–H and O–H groups in total. The van der Waals surface area contributed by atoms with Crippen molar-refractivity contribution in [1.82, 2.24) is 4.90 Å². The quantitative estimate of drug-likeness (QED) is 0.780. The highest BCUT2D eigenvalue weighted by atomic mass is 16.6. The zero-order valence-corrected chi connectivity index (χ0v) is 18.1. The first-order valence-corrected chi connectivity index (χ1v) is 11.1. The second-order valence-electron chi connectivity index (χ2n) is 8.94. The predicted octanol–water partition coefficient (Wildman–Crippen LogP) is 4.45. The molecule has 0 aromatic heterocycles. The molecule has 162 valence electrons. The molecule has 2 aliphatic heterocycles. The van der Waals surface area contributed by atoms with E-state index in [-0.39, 0.29) is 23.3 Å². The Balaban J connectivity index is 1.51. The topological polar surface area (TPSA) is 67.9 Å². The molecule has 0 saturated heterocycles. The molecule has 2 amide bonds. The van der Waals surface area contributed by atoms with E-state index in [0.717, 1.165) is 24.3 Å². The van der Waals surface area contributed by atoms with Gasteiger partial charge >= 0.3 is 0 Å². The number of rotatable bonds is 2. The van der Waals surface area contributed by atoms with Crippen LogP contribution in [0.5, 0.6) is 11.5 Å². The van der Waals surface area contributed by atoms with Gasteiger partial charge in [-0.25, -0.2) is 0 Å². The SMILES string of the molecule is CC(=O)Nc1ccc(C(=O)N2CC3(CCCC3)c3cc4c(cc3[C@H]2C)OCCO4)cc1. The third-order valence-electron chi connectivity index (χ3n) is 6.95. The van der Waals surface area contributed by atoms with Crippen LogP contribution in [-0.4, -0.2) is 36.5 Å². The van der Waals surface area contributed by atoms with Crippen molar-refractivity contribution in [3.8, 4) is 11.5 Å². The van der Waals surface area contributed by atoms with E-state index in [9.17, 15) is 9.59 Å². The second-order valence-corrected chi connectivity index (χ2v) is 8.94. The Bertz CT molecular complexity index is 1020. The van der Waals surface area contributed by atoms with E-state index in [1.807, 2.05) is 4.90 Å². The Kier molecular flexibility index (Phi) is 4.88. The lowest BCUT2D eigenvalue weighted by Gasteiger charge is -2.46. The van der Waals surface area contributed by atoms with Crippen molar-refractivity contribution in [2.75, 3.05) is 25.1 Å². The average molecular weight is 421 g/mol. The zero-order valence-electron chi connectivity index (χ0n) is 18.1. The minimum absolute atomic E-state index is 0.0219. The van der Waals surface area contributed by atoms with Gasteiger partial charge in [-0.15, -0.1) is 0 Å². The van der Waals surface area contributed by atoms with E-state index in [1.165, 1.54) is 30.9 Å². The molecular formula is C25H28N2O4. The number of nitrogens with one attached hydrogen (secondary N) is 1. The van der Waals surface area contributed by atoms with Crippen molar-refractivity contribution in [3.63, 3.8) is 0 Å². The first kappa shape index (κ1) is 19.9. The molecule has 2 heterocycles. The van der Waals surface area contributed by atoms with Crippen LogP contribution in [0.25, 0.3) is 0 Å². The summed E-state index contributed by atoms with van der Waals surface area (Å²) in [6.45, 7) is 5.41. The highest BCUT2D eigenvalue weighted by Crippen LogP contribution is 2.52. The van der Waals surface area contributed by atoms with E-state index in [4.69, 9.17) is 9.47 Å². The maximum Gasteiger partial charge on any atom is 0.254 e. The molecule has 1 fully saturated rings. The molecule has 1 aliphatic carbocycles. The van der Waals surface area contributed by atoms with Crippen molar-refractivity contribution in [3.05, 3.63) is 53.1 Å². The molecule has 6 nitrogen and oxygen atoms in total. The Morgan fingerprint density at radius 2 is 1.68 bits per heavy atom.